The first kappa shape index (κ1) is 112. The van der Waals surface area contributed by atoms with Crippen molar-refractivity contribution in [3.63, 3.8) is 0 Å². The van der Waals surface area contributed by atoms with Crippen LogP contribution in [-0.2, 0) is 25.7 Å². The molecule has 746 valence electrons. The molecule has 7 aromatic carbocycles. The summed E-state index contributed by atoms with van der Waals surface area (Å²) >= 11 is 0. The molecule has 0 saturated heterocycles. The lowest BCUT2D eigenvalue weighted by atomic mass is 9.85. The first-order valence-corrected chi connectivity index (χ1v) is 55.0. The Bertz CT molecular complexity index is 4070. The highest BCUT2D eigenvalue weighted by Crippen LogP contribution is 2.35. The molecule has 7 aliphatic carbocycles. The van der Waals surface area contributed by atoms with Crippen LogP contribution < -0.4 is 33.2 Å². The number of carbonyl (C=O) groups excluding carboxylic acids is 1. The number of aliphatic hydroxyl groups is 4. The highest BCUT2D eigenvalue weighted by Gasteiger charge is 2.30. The Kier molecular flexibility index (Phi) is 58.0. The first-order valence-electron chi connectivity index (χ1n) is 55.0. The average molecular weight is 1840 g/mol. The van der Waals surface area contributed by atoms with E-state index in [-0.39, 0.29) is 24.1 Å². The van der Waals surface area contributed by atoms with Gasteiger partial charge < -0.3 is 53.6 Å². The molecule has 0 heterocycles. The Hall–Kier alpha value is -7.35. The quantitative estimate of drug-likeness (QED) is 0.0212. The van der Waals surface area contributed by atoms with Crippen molar-refractivity contribution in [3.8, 4) is 40.2 Å². The molecule has 7 fully saturated rings. The first-order chi connectivity index (χ1) is 65.6. The zero-order valence-electron chi connectivity index (χ0n) is 85.3. The number of ether oxygens (including phenoxy) is 7. The van der Waals surface area contributed by atoms with Gasteiger partial charge in [0, 0.05) is 12.0 Å². The van der Waals surface area contributed by atoms with E-state index in [1.807, 2.05) is 111 Å². The smallest absolute Gasteiger partial charge is 0.162 e. The summed E-state index contributed by atoms with van der Waals surface area (Å²) in [4.78, 5) is 11.9. The Morgan fingerprint density at radius 2 is 0.575 bits per heavy atom. The van der Waals surface area contributed by atoms with Crippen molar-refractivity contribution in [1.82, 2.24) is 0 Å². The minimum atomic E-state index is -0.600. The summed E-state index contributed by atoms with van der Waals surface area (Å²) in [5.41, 5.74) is 7.46. The summed E-state index contributed by atoms with van der Waals surface area (Å²) in [5.74, 6) is 11.3. The van der Waals surface area contributed by atoms with E-state index in [1.165, 1.54) is 286 Å². The Morgan fingerprint density at radius 3 is 0.881 bits per heavy atom. The van der Waals surface area contributed by atoms with Crippen LogP contribution in [0.2, 0.25) is 0 Å². The molecule has 4 N–H and O–H groups in total. The molecule has 12 heteroatoms. The van der Waals surface area contributed by atoms with Crippen LogP contribution in [0, 0.1) is 35.5 Å². The topological polar surface area (TPSA) is 163 Å². The summed E-state index contributed by atoms with van der Waals surface area (Å²) in [6.45, 7) is 20.5. The molecule has 0 aromatic heterocycles. The lowest BCUT2D eigenvalue weighted by molar-refractivity contribution is -0.0339. The van der Waals surface area contributed by atoms with Gasteiger partial charge in [-0.05, 0) is 314 Å². The second kappa shape index (κ2) is 69.5. The monoisotopic (exact) mass is 1840 g/mol. The summed E-state index contributed by atoms with van der Waals surface area (Å²) in [7, 11) is 0. The third-order valence-electron chi connectivity index (χ3n) is 28.5. The van der Waals surface area contributed by atoms with E-state index in [2.05, 4.69) is 107 Å². The lowest BCUT2D eigenvalue weighted by Crippen LogP contribution is -2.37. The summed E-state index contributed by atoms with van der Waals surface area (Å²) in [5, 5.41) is 40.2. The van der Waals surface area contributed by atoms with Gasteiger partial charge in [-0.1, -0.05) is 320 Å². The number of rotatable bonds is 42. The zero-order valence-corrected chi connectivity index (χ0v) is 85.3. The molecule has 7 aliphatic rings. The molecular weight excluding hydrogens is 1660 g/mol. The van der Waals surface area contributed by atoms with Gasteiger partial charge in [0.1, 0.15) is 46.9 Å². The molecule has 0 radical (unpaired) electrons. The SMILES string of the molecule is CCC(O)Cc1cccc(OCC2CCCCC2)c1.CCCC(=O)c1cccc(OCC2CCCCCC2)c1.CCCC(O)c1cccc(OCC2CCCCC2)c1.CCCC(O)c1cccc(OCC2CCCCCC2)c1.CCCCc1cccc(OCC2(O)CCCCC2)c1.CCCCc1cccc(OCC2CCCCC2)c1.CCCCc1cccc(OCC2CCCCCC2)c1. The highest BCUT2D eigenvalue weighted by molar-refractivity contribution is 5.96. The fraction of sp³-hybridized carbons (Fsp3) is 0.648. The maximum atomic E-state index is 11.9. The summed E-state index contributed by atoms with van der Waals surface area (Å²) < 4.78 is 41.5. The number of ketones is 1. The molecule has 12 nitrogen and oxygen atoms in total. The van der Waals surface area contributed by atoms with Crippen LogP contribution in [0.5, 0.6) is 40.2 Å². The molecule has 3 unspecified atom stereocenters. The van der Waals surface area contributed by atoms with E-state index in [4.69, 9.17) is 33.2 Å². The fourth-order valence-electron chi connectivity index (χ4n) is 19.8. The van der Waals surface area contributed by atoms with E-state index in [0.29, 0.717) is 24.9 Å². The van der Waals surface area contributed by atoms with Crippen LogP contribution in [0.15, 0.2) is 170 Å². The summed E-state index contributed by atoms with van der Waals surface area (Å²) in [6, 6.07) is 57.4. The van der Waals surface area contributed by atoms with Gasteiger partial charge in [-0.3, -0.25) is 4.79 Å². The standard InChI is InChI=1S/C18H28O2.C18H26O2.C18H28O.3C17H26O2.C17H26O/c2*1-2-8-18(19)16-11-7-12-17(13-16)20-14-15-9-5-3-4-6-10-15;1-2-3-9-16-12-8-13-18(14-16)19-15-17-10-6-4-5-7-11-17;1-2-16(18)11-15-9-6-10-17(12-15)19-13-14-7-4-3-5-8-14;1-2-7-17(18)15-10-6-11-16(12-15)19-13-14-8-4-3-5-9-14;1-2-3-8-15-9-7-10-16(13-15)19-14-17(18)11-5-4-6-12-17;1-2-3-8-15-11-7-12-17(13-15)18-14-16-9-5-4-6-10-16/h7,11-13,15,18-19H,2-6,8-10,14H2,1H3;7,11-13,15H,2-6,8-10,14H2,1H3;8,12-14,17H,2-7,9-11,15H2,1H3;6,9-10,12,14,16,18H,2-5,7-8,11,13H2,1H3;6,10-12,14,17-18H,2-5,7-9,13H2,1H3;7,9-10,13,18H,2-6,8,11-12,14H2,1H3;7,11-13,16H,2-6,8-10,14H2,1H3. The number of unbranched alkanes of at least 4 members (excludes halogenated alkanes) is 3. The van der Waals surface area contributed by atoms with Gasteiger partial charge in [0.25, 0.3) is 0 Å². The predicted molar refractivity (Wildman–Crippen MR) is 560 cm³/mol. The maximum absolute atomic E-state index is 11.9. The van der Waals surface area contributed by atoms with Crippen LogP contribution in [0.1, 0.15) is 432 Å². The van der Waals surface area contributed by atoms with Crippen LogP contribution in [0.3, 0.4) is 0 Å². The van der Waals surface area contributed by atoms with Crippen molar-refractivity contribution in [2.45, 2.75) is 426 Å². The average Bonchev–Trinajstić information content (AvgIpc) is 1.08. The van der Waals surface area contributed by atoms with Crippen molar-refractivity contribution < 1.29 is 58.4 Å². The number of carbonyl (C=O) groups is 1. The van der Waals surface area contributed by atoms with Crippen LogP contribution in [-0.4, -0.2) is 84.2 Å². The zero-order chi connectivity index (χ0) is 94.9. The van der Waals surface area contributed by atoms with Gasteiger partial charge in [0.15, 0.2) is 5.78 Å². The number of aryl methyl sites for hydroxylation is 3. The van der Waals surface area contributed by atoms with Crippen molar-refractivity contribution in [2.24, 2.45) is 35.5 Å². The van der Waals surface area contributed by atoms with E-state index in [1.54, 1.807) is 0 Å². The molecule has 0 aliphatic heterocycles. The number of benzene rings is 7. The Balaban J connectivity index is 0.000000192. The van der Waals surface area contributed by atoms with Crippen LogP contribution in [0.25, 0.3) is 0 Å². The minimum Gasteiger partial charge on any atom is -0.493 e. The van der Waals surface area contributed by atoms with Crippen molar-refractivity contribution in [1.29, 1.82) is 0 Å². The molecule has 0 spiro atoms. The second-order valence-corrected chi connectivity index (χ2v) is 40.6. The van der Waals surface area contributed by atoms with Gasteiger partial charge in [0.2, 0.25) is 0 Å². The van der Waals surface area contributed by atoms with E-state index < -0.39 is 5.60 Å². The molecule has 0 amide bonds. The van der Waals surface area contributed by atoms with Gasteiger partial charge in [-0.15, -0.1) is 0 Å². The second-order valence-electron chi connectivity index (χ2n) is 40.6. The van der Waals surface area contributed by atoms with Gasteiger partial charge in [0.05, 0.1) is 63.6 Å². The van der Waals surface area contributed by atoms with Crippen LogP contribution >= 0.6 is 0 Å². The van der Waals surface area contributed by atoms with Crippen molar-refractivity contribution in [3.05, 3.63) is 209 Å². The number of hydrogen-bond acceptors (Lipinski definition) is 12. The van der Waals surface area contributed by atoms with Gasteiger partial charge in [-0.2, -0.15) is 0 Å². The normalized spacial score (nSPS) is 17.7. The van der Waals surface area contributed by atoms with E-state index in [0.717, 1.165) is 203 Å². The van der Waals surface area contributed by atoms with Crippen molar-refractivity contribution >= 4 is 5.78 Å². The highest BCUT2D eigenvalue weighted by atomic mass is 16.5. The third kappa shape index (κ3) is 48.3. The number of aliphatic hydroxyl groups excluding tert-OH is 3. The molecule has 0 bridgehead atoms. The molecule has 3 atom stereocenters. The van der Waals surface area contributed by atoms with Crippen molar-refractivity contribution in [2.75, 3.05) is 46.2 Å². The van der Waals surface area contributed by atoms with Gasteiger partial charge in [-0.25, -0.2) is 0 Å². The van der Waals surface area contributed by atoms with Gasteiger partial charge >= 0.3 is 0 Å². The van der Waals surface area contributed by atoms with E-state index in [9.17, 15) is 25.2 Å². The largest absolute Gasteiger partial charge is 0.493 e. The maximum Gasteiger partial charge on any atom is 0.162 e. The lowest BCUT2D eigenvalue weighted by Gasteiger charge is -2.31. The fourth-order valence-corrected chi connectivity index (χ4v) is 19.8. The Labute approximate surface area is 815 Å². The predicted octanol–water partition coefficient (Wildman–Crippen LogP) is 32.8. The molecule has 134 heavy (non-hydrogen) atoms. The molecule has 7 aromatic rings. The molecule has 7 saturated carbocycles. The number of hydrogen-bond donors (Lipinski definition) is 4. The third-order valence-corrected chi connectivity index (χ3v) is 28.5. The number of Topliss-reactive ketones (excluding diaryl/α,β-unsaturated/α-hetero) is 1. The summed E-state index contributed by atoms with van der Waals surface area (Å²) in [6.07, 6.45) is 66.6. The van der Waals surface area contributed by atoms with Crippen LogP contribution in [0.4, 0.5) is 0 Å². The van der Waals surface area contributed by atoms with E-state index >= 15 is 0 Å². The molecular formula is C122H186O12. The minimum absolute atomic E-state index is 0.215. The Morgan fingerprint density at radius 1 is 0.306 bits per heavy atom. The molecule has 14 rings (SSSR count).